The predicted molar refractivity (Wildman–Crippen MR) is 121 cm³/mol. The van der Waals surface area contributed by atoms with Crippen LogP contribution in [0.5, 0.6) is 5.88 Å². The minimum atomic E-state index is -4.48. The number of benzene rings is 2. The summed E-state index contributed by atoms with van der Waals surface area (Å²) in [4.78, 5) is 3.81. The lowest BCUT2D eigenvalue weighted by molar-refractivity contribution is -0.137. The molecule has 3 aromatic rings. The van der Waals surface area contributed by atoms with Crippen LogP contribution in [0, 0.1) is 11.3 Å². The molecule has 3 rings (SSSR count). The summed E-state index contributed by atoms with van der Waals surface area (Å²) in [6, 6.07) is 18.2. The first-order valence-electron chi connectivity index (χ1n) is 10.2. The SMILES string of the molecule is CC(C)(Oc1ccc(C(F)(F)F)cn1)[C@H](N)[C@@H](Cc1ccc(Cl)cc1)c1cccc(C#N)c1. The van der Waals surface area contributed by atoms with E-state index in [1.165, 1.54) is 6.07 Å². The minimum Gasteiger partial charge on any atom is -0.470 e. The van der Waals surface area contributed by atoms with E-state index in [0.29, 0.717) is 17.0 Å². The molecule has 0 aliphatic heterocycles. The van der Waals surface area contributed by atoms with Crippen LogP contribution < -0.4 is 10.5 Å². The normalized spacial score (nSPS) is 13.8. The lowest BCUT2D eigenvalue weighted by atomic mass is 9.79. The lowest BCUT2D eigenvalue weighted by Gasteiger charge is -2.37. The van der Waals surface area contributed by atoms with Crippen LogP contribution in [0.1, 0.15) is 42.0 Å². The number of rotatable bonds is 7. The van der Waals surface area contributed by atoms with Gasteiger partial charge in [-0.05, 0) is 61.7 Å². The highest BCUT2D eigenvalue weighted by molar-refractivity contribution is 6.30. The number of hydrogen-bond donors (Lipinski definition) is 1. The number of pyridine rings is 1. The smallest absolute Gasteiger partial charge is 0.417 e. The zero-order valence-corrected chi connectivity index (χ0v) is 18.9. The Morgan fingerprint density at radius 2 is 1.79 bits per heavy atom. The third-order valence-corrected chi connectivity index (χ3v) is 5.73. The number of nitrogens with two attached hydrogens (primary N) is 1. The molecular formula is C25H23ClF3N3O. The van der Waals surface area contributed by atoms with Crippen molar-refractivity contribution in [3.63, 3.8) is 0 Å². The van der Waals surface area contributed by atoms with E-state index < -0.39 is 23.4 Å². The predicted octanol–water partition coefficient (Wildman–Crippen LogP) is 6.14. The molecule has 8 heteroatoms. The largest absolute Gasteiger partial charge is 0.470 e. The van der Waals surface area contributed by atoms with Gasteiger partial charge in [-0.1, -0.05) is 35.9 Å². The number of alkyl halides is 3. The van der Waals surface area contributed by atoms with E-state index in [-0.39, 0.29) is 11.8 Å². The van der Waals surface area contributed by atoms with Gasteiger partial charge in [0.25, 0.3) is 0 Å². The van der Waals surface area contributed by atoms with Gasteiger partial charge in [-0.15, -0.1) is 0 Å². The van der Waals surface area contributed by atoms with Gasteiger partial charge in [0.2, 0.25) is 5.88 Å². The first kappa shape index (κ1) is 24.6. The maximum absolute atomic E-state index is 12.8. The number of nitrogens with zero attached hydrogens (tertiary/aromatic N) is 2. The molecule has 2 aromatic carbocycles. The second-order valence-electron chi connectivity index (χ2n) is 8.29. The van der Waals surface area contributed by atoms with Gasteiger partial charge < -0.3 is 10.5 Å². The molecule has 33 heavy (non-hydrogen) atoms. The van der Waals surface area contributed by atoms with Crippen molar-refractivity contribution < 1.29 is 17.9 Å². The van der Waals surface area contributed by atoms with Gasteiger partial charge in [-0.2, -0.15) is 18.4 Å². The van der Waals surface area contributed by atoms with Gasteiger partial charge in [0.05, 0.1) is 23.2 Å². The summed E-state index contributed by atoms with van der Waals surface area (Å²) in [6.45, 7) is 3.53. The molecule has 0 unspecified atom stereocenters. The average Bonchev–Trinajstić information content (AvgIpc) is 2.77. The molecule has 0 bridgehead atoms. The van der Waals surface area contributed by atoms with Gasteiger partial charge >= 0.3 is 6.18 Å². The zero-order valence-electron chi connectivity index (χ0n) is 18.1. The molecule has 2 atom stereocenters. The first-order valence-corrected chi connectivity index (χ1v) is 10.6. The molecule has 0 radical (unpaired) electrons. The fraction of sp³-hybridized carbons (Fsp3) is 0.280. The Kier molecular flexibility index (Phi) is 7.31. The highest BCUT2D eigenvalue weighted by Gasteiger charge is 2.37. The molecule has 0 amide bonds. The van der Waals surface area contributed by atoms with Crippen LogP contribution in [0.15, 0.2) is 66.9 Å². The third-order valence-electron chi connectivity index (χ3n) is 5.48. The van der Waals surface area contributed by atoms with Gasteiger partial charge in [-0.25, -0.2) is 4.98 Å². The molecule has 0 aliphatic rings. The quantitative estimate of drug-likeness (QED) is 0.447. The van der Waals surface area contributed by atoms with Crippen molar-refractivity contribution in [3.8, 4) is 11.9 Å². The molecule has 0 saturated heterocycles. The van der Waals surface area contributed by atoms with E-state index in [0.717, 1.165) is 23.4 Å². The molecule has 172 valence electrons. The third kappa shape index (κ3) is 6.25. The Morgan fingerprint density at radius 3 is 2.36 bits per heavy atom. The Morgan fingerprint density at radius 1 is 1.09 bits per heavy atom. The summed E-state index contributed by atoms with van der Waals surface area (Å²) >= 11 is 6.01. The van der Waals surface area contributed by atoms with Crippen LogP contribution in [0.4, 0.5) is 13.2 Å². The van der Waals surface area contributed by atoms with E-state index in [1.54, 1.807) is 44.2 Å². The Hall–Kier alpha value is -3.08. The highest BCUT2D eigenvalue weighted by Crippen LogP contribution is 2.33. The van der Waals surface area contributed by atoms with Crippen molar-refractivity contribution in [3.05, 3.63) is 94.1 Å². The van der Waals surface area contributed by atoms with Crippen LogP contribution in [-0.4, -0.2) is 16.6 Å². The summed E-state index contributed by atoms with van der Waals surface area (Å²) in [5.74, 6) is -0.219. The van der Waals surface area contributed by atoms with Crippen molar-refractivity contribution >= 4 is 11.6 Å². The Balaban J connectivity index is 1.90. The summed E-state index contributed by atoms with van der Waals surface area (Å²) < 4.78 is 44.5. The molecule has 0 saturated carbocycles. The van der Waals surface area contributed by atoms with E-state index >= 15 is 0 Å². The van der Waals surface area contributed by atoms with Crippen molar-refractivity contribution in [2.75, 3.05) is 0 Å². The second-order valence-corrected chi connectivity index (χ2v) is 8.72. The highest BCUT2D eigenvalue weighted by atomic mass is 35.5. The molecular weight excluding hydrogens is 451 g/mol. The van der Waals surface area contributed by atoms with Crippen LogP contribution in [0.3, 0.4) is 0 Å². The van der Waals surface area contributed by atoms with Crippen LogP contribution >= 0.6 is 11.6 Å². The van der Waals surface area contributed by atoms with E-state index in [9.17, 15) is 18.4 Å². The first-order chi connectivity index (χ1) is 15.5. The molecule has 0 fully saturated rings. The molecule has 1 aromatic heterocycles. The molecule has 2 N–H and O–H groups in total. The number of nitriles is 1. The Bertz CT molecular complexity index is 1120. The number of ether oxygens (including phenoxy) is 1. The van der Waals surface area contributed by atoms with Gasteiger partial charge in [-0.3, -0.25) is 0 Å². The van der Waals surface area contributed by atoms with Crippen molar-refractivity contribution in [2.45, 2.75) is 44.0 Å². The standard InChI is InChI=1S/C25H23ClF3N3O/c1-24(2,33-22-11-8-19(15-32-22)25(27,28)29)23(31)21(13-16-6-9-20(26)10-7-16)18-5-3-4-17(12-18)14-30/h3-12,15,21,23H,13,31H2,1-2H3/t21-,23+/m0/s1. The number of hydrogen-bond acceptors (Lipinski definition) is 4. The summed E-state index contributed by atoms with van der Waals surface area (Å²) in [5.41, 5.74) is 7.20. The summed E-state index contributed by atoms with van der Waals surface area (Å²) in [5, 5.41) is 9.94. The average molecular weight is 474 g/mol. The van der Waals surface area contributed by atoms with Crippen LogP contribution in [0.2, 0.25) is 5.02 Å². The van der Waals surface area contributed by atoms with E-state index in [2.05, 4.69) is 11.1 Å². The fourth-order valence-corrected chi connectivity index (χ4v) is 3.72. The van der Waals surface area contributed by atoms with Gasteiger partial charge in [0.15, 0.2) is 0 Å². The minimum absolute atomic E-state index is 0.0412. The number of halogens is 4. The van der Waals surface area contributed by atoms with Gasteiger partial charge in [0.1, 0.15) is 5.60 Å². The number of aromatic nitrogens is 1. The summed E-state index contributed by atoms with van der Waals surface area (Å²) in [6.07, 6.45) is -3.20. The summed E-state index contributed by atoms with van der Waals surface area (Å²) in [7, 11) is 0. The monoisotopic (exact) mass is 473 g/mol. The molecule has 0 spiro atoms. The van der Waals surface area contributed by atoms with Crippen molar-refractivity contribution in [1.82, 2.24) is 4.98 Å². The molecule has 0 aliphatic carbocycles. The van der Waals surface area contributed by atoms with Crippen molar-refractivity contribution in [2.24, 2.45) is 5.73 Å². The maximum atomic E-state index is 12.8. The van der Waals surface area contributed by atoms with Crippen molar-refractivity contribution in [1.29, 1.82) is 5.26 Å². The fourth-order valence-electron chi connectivity index (χ4n) is 3.60. The molecule has 4 nitrogen and oxygen atoms in total. The van der Waals surface area contributed by atoms with Crippen LogP contribution in [-0.2, 0) is 12.6 Å². The molecule has 1 heterocycles. The van der Waals surface area contributed by atoms with Gasteiger partial charge in [0, 0.05) is 23.2 Å². The topological polar surface area (TPSA) is 71.9 Å². The zero-order chi connectivity index (χ0) is 24.2. The second kappa shape index (κ2) is 9.82. The lowest BCUT2D eigenvalue weighted by Crippen LogP contribution is -2.51. The van der Waals surface area contributed by atoms with Crippen LogP contribution in [0.25, 0.3) is 0 Å². The van der Waals surface area contributed by atoms with E-state index in [1.807, 2.05) is 18.2 Å². The van der Waals surface area contributed by atoms with E-state index in [4.69, 9.17) is 22.1 Å². The Labute approximate surface area is 195 Å². The maximum Gasteiger partial charge on any atom is 0.417 e.